The highest BCUT2D eigenvalue weighted by Crippen LogP contribution is 2.10. The van der Waals surface area contributed by atoms with Crippen LogP contribution in [0.15, 0.2) is 29.6 Å². The van der Waals surface area contributed by atoms with Gasteiger partial charge < -0.3 is 16.2 Å². The maximum absolute atomic E-state index is 12.0. The predicted molar refractivity (Wildman–Crippen MR) is 79.4 cm³/mol. The normalized spacial score (nSPS) is 10.3. The molecule has 0 aliphatic rings. The Bertz CT molecular complexity index is 637. The third kappa shape index (κ3) is 4.11. The van der Waals surface area contributed by atoms with Crippen LogP contribution in [0.3, 0.4) is 0 Å². The Labute approximate surface area is 125 Å². The predicted octanol–water partition coefficient (Wildman–Crippen LogP) is 1.27. The molecule has 6 nitrogen and oxygen atoms in total. The Kier molecular flexibility index (Phi) is 5.02. The number of nitrogens with zero attached hydrogens (tertiary/aromatic N) is 1. The average molecular weight is 305 g/mol. The number of rotatable bonds is 6. The Morgan fingerprint density at radius 2 is 2.00 bits per heavy atom. The van der Waals surface area contributed by atoms with Gasteiger partial charge in [-0.1, -0.05) is 12.1 Å². The molecule has 110 valence electrons. The Morgan fingerprint density at radius 1 is 1.29 bits per heavy atom. The molecule has 1 aromatic carbocycles. The number of hydrogen-bond acceptors (Lipinski definition) is 5. The highest BCUT2D eigenvalue weighted by Gasteiger charge is 2.10. The van der Waals surface area contributed by atoms with Gasteiger partial charge in [0, 0.05) is 10.9 Å². The fourth-order valence-corrected chi connectivity index (χ4v) is 2.45. The number of thiazole rings is 1. The molecule has 0 saturated carbocycles. The highest BCUT2D eigenvalue weighted by atomic mass is 32.1. The molecule has 0 aliphatic heterocycles. The van der Waals surface area contributed by atoms with Crippen molar-refractivity contribution < 1.29 is 14.7 Å². The third-order valence-electron chi connectivity index (χ3n) is 2.82. The quantitative estimate of drug-likeness (QED) is 0.745. The van der Waals surface area contributed by atoms with Crippen LogP contribution in [0.4, 0.5) is 0 Å². The summed E-state index contributed by atoms with van der Waals surface area (Å²) >= 11 is 1.20. The van der Waals surface area contributed by atoms with Crippen molar-refractivity contribution in [1.82, 2.24) is 10.3 Å². The zero-order valence-electron chi connectivity index (χ0n) is 11.2. The van der Waals surface area contributed by atoms with Gasteiger partial charge in [-0.3, -0.25) is 4.79 Å². The molecule has 0 saturated heterocycles. The van der Waals surface area contributed by atoms with Crippen LogP contribution in [-0.4, -0.2) is 28.5 Å². The second-order valence-corrected chi connectivity index (χ2v) is 5.29. The number of benzene rings is 1. The van der Waals surface area contributed by atoms with Crippen LogP contribution in [0.2, 0.25) is 0 Å². The molecule has 0 atom stereocenters. The first-order valence-corrected chi connectivity index (χ1v) is 7.23. The lowest BCUT2D eigenvalue weighted by Gasteiger charge is -2.04. The fourth-order valence-electron chi connectivity index (χ4n) is 1.74. The van der Waals surface area contributed by atoms with Crippen molar-refractivity contribution in [2.75, 3.05) is 6.54 Å². The van der Waals surface area contributed by atoms with Crippen LogP contribution in [0.1, 0.15) is 31.4 Å². The number of aromatic nitrogens is 1. The smallest absolute Gasteiger partial charge is 0.355 e. The molecular weight excluding hydrogens is 290 g/mol. The molecule has 0 fully saturated rings. The van der Waals surface area contributed by atoms with Gasteiger partial charge in [-0.2, -0.15) is 0 Å². The van der Waals surface area contributed by atoms with E-state index < -0.39 is 5.97 Å². The van der Waals surface area contributed by atoms with Crippen molar-refractivity contribution in [3.63, 3.8) is 0 Å². The number of hydrogen-bond donors (Lipinski definition) is 3. The van der Waals surface area contributed by atoms with Gasteiger partial charge in [0.15, 0.2) is 5.69 Å². The molecule has 1 amide bonds. The maximum Gasteiger partial charge on any atom is 0.355 e. The Morgan fingerprint density at radius 3 is 2.57 bits per heavy atom. The van der Waals surface area contributed by atoms with E-state index in [1.165, 1.54) is 16.7 Å². The topological polar surface area (TPSA) is 105 Å². The van der Waals surface area contributed by atoms with Gasteiger partial charge in [-0.25, -0.2) is 9.78 Å². The average Bonchev–Trinajstić information content (AvgIpc) is 2.95. The fraction of sp³-hybridized carbons (Fsp3) is 0.214. The van der Waals surface area contributed by atoms with E-state index in [9.17, 15) is 9.59 Å². The highest BCUT2D eigenvalue weighted by molar-refractivity contribution is 7.09. The lowest BCUT2D eigenvalue weighted by molar-refractivity contribution is 0.0691. The molecule has 1 aromatic heterocycles. The SMILES string of the molecule is NCCc1ccc(C(=O)NCc2nc(C(=O)O)cs2)cc1. The molecular formula is C14H15N3O3S. The molecule has 2 rings (SSSR count). The van der Waals surface area contributed by atoms with Gasteiger partial charge in [0.2, 0.25) is 0 Å². The summed E-state index contributed by atoms with van der Waals surface area (Å²) in [4.78, 5) is 26.6. The number of amides is 1. The Hall–Kier alpha value is -2.25. The molecule has 1 heterocycles. The summed E-state index contributed by atoms with van der Waals surface area (Å²) in [5.74, 6) is -1.29. The standard InChI is InChI=1S/C14H15N3O3S/c15-6-5-9-1-3-10(4-2-9)13(18)16-7-12-17-11(8-21-12)14(19)20/h1-4,8H,5-7,15H2,(H,16,18)(H,19,20). The van der Waals surface area contributed by atoms with Crippen LogP contribution in [0.25, 0.3) is 0 Å². The van der Waals surface area contributed by atoms with Gasteiger partial charge in [0.25, 0.3) is 5.91 Å². The Balaban J connectivity index is 1.92. The van der Waals surface area contributed by atoms with Crippen LogP contribution in [0, 0.1) is 0 Å². The van der Waals surface area contributed by atoms with Gasteiger partial charge in [0.05, 0.1) is 6.54 Å². The van der Waals surface area contributed by atoms with Crippen LogP contribution in [-0.2, 0) is 13.0 Å². The van der Waals surface area contributed by atoms with Crippen LogP contribution >= 0.6 is 11.3 Å². The van der Waals surface area contributed by atoms with Crippen molar-refractivity contribution in [3.05, 3.63) is 51.5 Å². The minimum Gasteiger partial charge on any atom is -0.476 e. The van der Waals surface area contributed by atoms with E-state index in [0.717, 1.165) is 12.0 Å². The summed E-state index contributed by atoms with van der Waals surface area (Å²) < 4.78 is 0. The first-order valence-electron chi connectivity index (χ1n) is 6.35. The van der Waals surface area contributed by atoms with E-state index in [4.69, 9.17) is 10.8 Å². The summed E-state index contributed by atoms with van der Waals surface area (Å²) in [5.41, 5.74) is 7.09. The van der Waals surface area contributed by atoms with Crippen molar-refractivity contribution in [1.29, 1.82) is 0 Å². The van der Waals surface area contributed by atoms with Crippen molar-refractivity contribution in [3.8, 4) is 0 Å². The second-order valence-electron chi connectivity index (χ2n) is 4.35. The number of carbonyl (C=O) groups is 2. The van der Waals surface area contributed by atoms with E-state index >= 15 is 0 Å². The number of carboxylic acid groups (broad SMARTS) is 1. The maximum atomic E-state index is 12.0. The van der Waals surface area contributed by atoms with Gasteiger partial charge in [-0.05, 0) is 30.7 Å². The van der Waals surface area contributed by atoms with E-state index in [2.05, 4.69) is 10.3 Å². The largest absolute Gasteiger partial charge is 0.476 e. The number of carboxylic acids is 1. The molecule has 4 N–H and O–H groups in total. The zero-order chi connectivity index (χ0) is 15.2. The molecule has 0 bridgehead atoms. The molecule has 7 heteroatoms. The van der Waals surface area contributed by atoms with Gasteiger partial charge in [-0.15, -0.1) is 11.3 Å². The number of nitrogens with one attached hydrogen (secondary N) is 1. The van der Waals surface area contributed by atoms with E-state index in [-0.39, 0.29) is 18.1 Å². The molecule has 21 heavy (non-hydrogen) atoms. The van der Waals surface area contributed by atoms with E-state index in [1.807, 2.05) is 12.1 Å². The van der Waals surface area contributed by atoms with E-state index in [0.29, 0.717) is 17.1 Å². The lowest BCUT2D eigenvalue weighted by atomic mass is 10.1. The summed E-state index contributed by atoms with van der Waals surface area (Å²) in [6, 6.07) is 7.22. The second kappa shape index (κ2) is 6.96. The van der Waals surface area contributed by atoms with Crippen LogP contribution < -0.4 is 11.1 Å². The van der Waals surface area contributed by atoms with E-state index in [1.54, 1.807) is 12.1 Å². The first kappa shape index (κ1) is 15.1. The summed E-state index contributed by atoms with van der Waals surface area (Å²) in [6.45, 7) is 0.781. The number of carbonyl (C=O) groups excluding carboxylic acids is 1. The lowest BCUT2D eigenvalue weighted by Crippen LogP contribution is -2.22. The molecule has 0 aliphatic carbocycles. The van der Waals surface area contributed by atoms with Gasteiger partial charge >= 0.3 is 5.97 Å². The summed E-state index contributed by atoms with van der Waals surface area (Å²) in [7, 11) is 0. The van der Waals surface area contributed by atoms with Crippen molar-refractivity contribution >= 4 is 23.2 Å². The number of nitrogens with two attached hydrogens (primary N) is 1. The van der Waals surface area contributed by atoms with Gasteiger partial charge in [0.1, 0.15) is 5.01 Å². The van der Waals surface area contributed by atoms with Crippen LogP contribution in [0.5, 0.6) is 0 Å². The third-order valence-corrected chi connectivity index (χ3v) is 3.67. The minimum absolute atomic E-state index is 0.00427. The molecule has 2 aromatic rings. The van der Waals surface area contributed by atoms with Crippen molar-refractivity contribution in [2.45, 2.75) is 13.0 Å². The van der Waals surface area contributed by atoms with Crippen molar-refractivity contribution in [2.24, 2.45) is 5.73 Å². The summed E-state index contributed by atoms with van der Waals surface area (Å²) in [6.07, 6.45) is 0.777. The number of aromatic carboxylic acids is 1. The monoisotopic (exact) mass is 305 g/mol. The molecule has 0 unspecified atom stereocenters. The molecule has 0 radical (unpaired) electrons. The molecule has 0 spiro atoms. The minimum atomic E-state index is -1.07. The zero-order valence-corrected chi connectivity index (χ0v) is 12.0. The first-order chi connectivity index (χ1) is 10.1. The summed E-state index contributed by atoms with van der Waals surface area (Å²) in [5, 5.41) is 13.5.